The van der Waals surface area contributed by atoms with Crippen molar-refractivity contribution in [3.63, 3.8) is 0 Å². The van der Waals surface area contributed by atoms with Gasteiger partial charge in [-0.25, -0.2) is 0 Å². The first kappa shape index (κ1) is 23.2. The molecule has 2 heterocycles. The molecule has 31 heavy (non-hydrogen) atoms. The van der Waals surface area contributed by atoms with Crippen molar-refractivity contribution in [2.24, 2.45) is 5.92 Å². The van der Waals surface area contributed by atoms with E-state index < -0.39 is 11.9 Å². The Labute approximate surface area is 187 Å². The van der Waals surface area contributed by atoms with Crippen molar-refractivity contribution in [1.82, 2.24) is 20.3 Å². The average Bonchev–Trinajstić information content (AvgIpc) is 3.06. The lowest BCUT2D eigenvalue weighted by atomic mass is 10.0. The highest BCUT2D eigenvalue weighted by Gasteiger charge is 2.27. The van der Waals surface area contributed by atoms with Gasteiger partial charge >= 0.3 is 5.97 Å². The van der Waals surface area contributed by atoms with E-state index in [0.29, 0.717) is 11.6 Å². The molecule has 0 aliphatic carbocycles. The van der Waals surface area contributed by atoms with Crippen LogP contribution in [-0.2, 0) is 22.7 Å². The SMILES string of the molecule is Cc1noc(C)c1CN1CCN(C[C@H](CC(=O)NCc2ccccc2Cl)C(=O)O)CC1. The zero-order chi connectivity index (χ0) is 22.4. The number of piperazine rings is 1. The summed E-state index contributed by atoms with van der Waals surface area (Å²) in [4.78, 5) is 28.5. The van der Waals surface area contributed by atoms with E-state index in [0.717, 1.165) is 55.3 Å². The number of rotatable bonds is 9. The molecule has 168 valence electrons. The molecular formula is C22H29ClN4O4. The lowest BCUT2D eigenvalue weighted by Gasteiger charge is -2.35. The van der Waals surface area contributed by atoms with Gasteiger partial charge in [-0.2, -0.15) is 0 Å². The second-order valence-corrected chi connectivity index (χ2v) is 8.39. The van der Waals surface area contributed by atoms with E-state index in [1.54, 1.807) is 6.07 Å². The quantitative estimate of drug-likeness (QED) is 0.607. The molecule has 1 fully saturated rings. The molecule has 0 radical (unpaired) electrons. The summed E-state index contributed by atoms with van der Waals surface area (Å²) in [6, 6.07) is 7.26. The molecule has 1 aromatic carbocycles. The number of benzene rings is 1. The monoisotopic (exact) mass is 448 g/mol. The third kappa shape index (κ3) is 6.53. The number of aliphatic carboxylic acids is 1. The number of carbonyl (C=O) groups excluding carboxylic acids is 1. The summed E-state index contributed by atoms with van der Waals surface area (Å²) < 4.78 is 5.23. The number of carbonyl (C=O) groups is 2. The van der Waals surface area contributed by atoms with Gasteiger partial charge in [-0.1, -0.05) is 35.0 Å². The first-order valence-corrected chi connectivity index (χ1v) is 10.8. The zero-order valence-electron chi connectivity index (χ0n) is 17.9. The molecule has 1 aliphatic heterocycles. The summed E-state index contributed by atoms with van der Waals surface area (Å²) in [5.74, 6) is -1.15. The van der Waals surface area contributed by atoms with Crippen LogP contribution in [0, 0.1) is 19.8 Å². The Bertz CT molecular complexity index is 889. The predicted molar refractivity (Wildman–Crippen MR) is 117 cm³/mol. The number of carboxylic acids is 1. The third-order valence-electron chi connectivity index (χ3n) is 5.72. The van der Waals surface area contributed by atoms with Gasteiger partial charge in [0.15, 0.2) is 0 Å². The standard InChI is InChI=1S/C22H29ClN4O4/c1-15-19(16(2)31-25-15)14-27-9-7-26(8-10-27)13-18(22(29)30)11-21(28)24-12-17-5-3-4-6-20(17)23/h3-6,18H,7-14H2,1-2H3,(H,24,28)(H,29,30)/t18-/m0/s1. The summed E-state index contributed by atoms with van der Waals surface area (Å²) in [5.41, 5.74) is 2.83. The van der Waals surface area contributed by atoms with Gasteiger partial charge < -0.3 is 14.9 Å². The van der Waals surface area contributed by atoms with Crippen LogP contribution in [0.1, 0.15) is 29.0 Å². The van der Waals surface area contributed by atoms with Gasteiger partial charge in [0.05, 0.1) is 11.6 Å². The first-order valence-electron chi connectivity index (χ1n) is 10.4. The van der Waals surface area contributed by atoms with Gasteiger partial charge in [-0.05, 0) is 25.5 Å². The molecule has 3 rings (SSSR count). The summed E-state index contributed by atoms with van der Waals surface area (Å²) >= 11 is 6.10. The van der Waals surface area contributed by atoms with Gasteiger partial charge in [-0.15, -0.1) is 0 Å². The number of hydrogen-bond acceptors (Lipinski definition) is 6. The predicted octanol–water partition coefficient (Wildman–Crippen LogP) is 2.47. The number of hydrogen-bond donors (Lipinski definition) is 2. The van der Waals surface area contributed by atoms with Gasteiger partial charge in [0.1, 0.15) is 5.76 Å². The van der Waals surface area contributed by atoms with Crippen molar-refractivity contribution in [2.45, 2.75) is 33.4 Å². The van der Waals surface area contributed by atoms with Crippen molar-refractivity contribution in [1.29, 1.82) is 0 Å². The van der Waals surface area contributed by atoms with Crippen molar-refractivity contribution >= 4 is 23.5 Å². The van der Waals surface area contributed by atoms with Crippen LogP contribution < -0.4 is 5.32 Å². The van der Waals surface area contributed by atoms with Crippen LogP contribution in [0.4, 0.5) is 0 Å². The second-order valence-electron chi connectivity index (χ2n) is 7.99. The number of aryl methyl sites for hydroxylation is 2. The minimum atomic E-state index is -0.953. The molecule has 1 atom stereocenters. The lowest BCUT2D eigenvalue weighted by Crippen LogP contribution is -2.48. The van der Waals surface area contributed by atoms with Gasteiger partial charge in [0, 0.05) is 62.8 Å². The zero-order valence-corrected chi connectivity index (χ0v) is 18.7. The molecular weight excluding hydrogens is 420 g/mol. The Kier molecular flexibility index (Phi) is 8.06. The van der Waals surface area contributed by atoms with Crippen LogP contribution in [0.3, 0.4) is 0 Å². The third-order valence-corrected chi connectivity index (χ3v) is 6.09. The molecule has 0 spiro atoms. The second kappa shape index (κ2) is 10.7. The Morgan fingerprint density at radius 3 is 2.48 bits per heavy atom. The Hall–Kier alpha value is -2.42. The molecule has 1 amide bonds. The Balaban J connectivity index is 1.45. The van der Waals surface area contributed by atoms with E-state index in [2.05, 4.69) is 20.3 Å². The molecule has 0 unspecified atom stereocenters. The Morgan fingerprint density at radius 1 is 1.19 bits per heavy atom. The number of aromatic nitrogens is 1. The number of nitrogens with zero attached hydrogens (tertiary/aromatic N) is 3. The maximum absolute atomic E-state index is 12.3. The highest BCUT2D eigenvalue weighted by Crippen LogP contribution is 2.18. The van der Waals surface area contributed by atoms with Crippen LogP contribution in [-0.4, -0.2) is 64.7 Å². The van der Waals surface area contributed by atoms with Crippen molar-refractivity contribution in [2.75, 3.05) is 32.7 Å². The molecule has 9 heteroatoms. The summed E-state index contributed by atoms with van der Waals surface area (Å²) in [6.45, 7) is 8.45. The van der Waals surface area contributed by atoms with E-state index in [1.807, 2.05) is 32.0 Å². The van der Waals surface area contributed by atoms with Crippen LogP contribution in [0.2, 0.25) is 5.02 Å². The molecule has 8 nitrogen and oxygen atoms in total. The van der Waals surface area contributed by atoms with Crippen molar-refractivity contribution in [3.8, 4) is 0 Å². The van der Waals surface area contributed by atoms with E-state index in [4.69, 9.17) is 16.1 Å². The highest BCUT2D eigenvalue weighted by molar-refractivity contribution is 6.31. The maximum Gasteiger partial charge on any atom is 0.308 e. The Morgan fingerprint density at radius 2 is 1.87 bits per heavy atom. The highest BCUT2D eigenvalue weighted by atomic mass is 35.5. The van der Waals surface area contributed by atoms with E-state index in [9.17, 15) is 14.7 Å². The maximum atomic E-state index is 12.3. The minimum Gasteiger partial charge on any atom is -0.481 e. The van der Waals surface area contributed by atoms with E-state index in [-0.39, 0.29) is 18.9 Å². The fourth-order valence-corrected chi connectivity index (χ4v) is 3.96. The molecule has 2 aromatic rings. The van der Waals surface area contributed by atoms with Crippen molar-refractivity contribution < 1.29 is 19.2 Å². The fraction of sp³-hybridized carbons (Fsp3) is 0.500. The molecule has 1 aromatic heterocycles. The smallest absolute Gasteiger partial charge is 0.308 e. The summed E-state index contributed by atoms with van der Waals surface area (Å²) in [5, 5.41) is 17.0. The number of amides is 1. The lowest BCUT2D eigenvalue weighted by molar-refractivity contribution is -0.145. The summed E-state index contributed by atoms with van der Waals surface area (Å²) in [7, 11) is 0. The van der Waals surface area contributed by atoms with Gasteiger partial charge in [0.25, 0.3) is 0 Å². The van der Waals surface area contributed by atoms with E-state index >= 15 is 0 Å². The van der Waals surface area contributed by atoms with E-state index in [1.165, 1.54) is 0 Å². The fourth-order valence-electron chi connectivity index (χ4n) is 3.75. The molecule has 1 saturated heterocycles. The normalized spacial score (nSPS) is 16.2. The number of halogens is 1. The molecule has 0 bridgehead atoms. The van der Waals surface area contributed by atoms with Crippen LogP contribution in [0.25, 0.3) is 0 Å². The van der Waals surface area contributed by atoms with Crippen LogP contribution in [0.15, 0.2) is 28.8 Å². The van der Waals surface area contributed by atoms with Gasteiger partial charge in [-0.3, -0.25) is 19.4 Å². The number of nitrogens with one attached hydrogen (secondary N) is 1. The average molecular weight is 449 g/mol. The number of carboxylic acid groups (broad SMARTS) is 1. The van der Waals surface area contributed by atoms with Crippen LogP contribution >= 0.6 is 11.6 Å². The first-order chi connectivity index (χ1) is 14.8. The van der Waals surface area contributed by atoms with Crippen LogP contribution in [0.5, 0.6) is 0 Å². The molecule has 1 aliphatic rings. The largest absolute Gasteiger partial charge is 0.481 e. The molecule has 2 N–H and O–H groups in total. The summed E-state index contributed by atoms with van der Waals surface area (Å²) in [6.07, 6.45) is -0.0565. The van der Waals surface area contributed by atoms with Gasteiger partial charge in [0.2, 0.25) is 5.91 Å². The van der Waals surface area contributed by atoms with Crippen molar-refractivity contribution in [3.05, 3.63) is 51.9 Å². The topological polar surface area (TPSA) is 98.9 Å². The molecule has 0 saturated carbocycles. The minimum absolute atomic E-state index is 0.0565.